The summed E-state index contributed by atoms with van der Waals surface area (Å²) in [7, 11) is -2.36. The van der Waals surface area contributed by atoms with Gasteiger partial charge in [0.15, 0.2) is 0 Å². The molecule has 114 valence electrons. The molecule has 1 rings (SSSR count). The van der Waals surface area contributed by atoms with Gasteiger partial charge in [-0.15, -0.1) is 0 Å². The van der Waals surface area contributed by atoms with Crippen LogP contribution < -0.4 is 4.72 Å². The SMILES string of the molecule is COCCOCCCNS(=O)(=O)c1cc(F)cc(F)c1. The van der Waals surface area contributed by atoms with E-state index in [1.54, 1.807) is 7.11 Å². The molecular weight excluding hydrogens is 292 g/mol. The summed E-state index contributed by atoms with van der Waals surface area (Å²) in [6.07, 6.45) is 0.445. The topological polar surface area (TPSA) is 64.6 Å². The molecule has 0 saturated carbocycles. The van der Waals surface area contributed by atoms with Gasteiger partial charge in [0.1, 0.15) is 11.6 Å². The lowest BCUT2D eigenvalue weighted by Crippen LogP contribution is -2.26. The predicted octanol–water partition coefficient (Wildman–Crippen LogP) is 1.30. The molecule has 0 radical (unpaired) electrons. The number of sulfonamides is 1. The third kappa shape index (κ3) is 5.91. The van der Waals surface area contributed by atoms with Crippen LogP contribution in [0.25, 0.3) is 0 Å². The van der Waals surface area contributed by atoms with Crippen LogP contribution in [0.5, 0.6) is 0 Å². The van der Waals surface area contributed by atoms with E-state index in [9.17, 15) is 17.2 Å². The Kier molecular flexibility index (Phi) is 7.00. The van der Waals surface area contributed by atoms with Crippen LogP contribution >= 0.6 is 0 Å². The number of rotatable bonds is 9. The first-order valence-electron chi connectivity index (χ1n) is 5.98. The van der Waals surface area contributed by atoms with Crippen molar-refractivity contribution >= 4 is 10.0 Å². The summed E-state index contributed by atoms with van der Waals surface area (Å²) in [5, 5.41) is 0. The molecule has 0 unspecified atom stereocenters. The van der Waals surface area contributed by atoms with Crippen LogP contribution in [0.15, 0.2) is 23.1 Å². The van der Waals surface area contributed by atoms with Crippen molar-refractivity contribution in [2.75, 3.05) is 33.5 Å². The van der Waals surface area contributed by atoms with Crippen LogP contribution in [0.1, 0.15) is 6.42 Å². The highest BCUT2D eigenvalue weighted by Crippen LogP contribution is 2.13. The number of hydrogen-bond donors (Lipinski definition) is 1. The fourth-order valence-corrected chi connectivity index (χ4v) is 2.51. The van der Waals surface area contributed by atoms with Crippen LogP contribution in [0.4, 0.5) is 8.78 Å². The Morgan fingerprint density at radius 3 is 2.35 bits per heavy atom. The Labute approximate surface area is 116 Å². The number of hydrogen-bond acceptors (Lipinski definition) is 4. The molecule has 0 fully saturated rings. The van der Waals surface area contributed by atoms with Crippen molar-refractivity contribution in [2.45, 2.75) is 11.3 Å². The molecule has 0 heterocycles. The molecule has 8 heteroatoms. The van der Waals surface area contributed by atoms with Crippen molar-refractivity contribution in [3.8, 4) is 0 Å². The highest BCUT2D eigenvalue weighted by molar-refractivity contribution is 7.89. The Bertz CT molecular complexity index is 502. The second-order valence-corrected chi connectivity index (χ2v) is 5.73. The zero-order chi connectivity index (χ0) is 15.0. The Balaban J connectivity index is 2.42. The van der Waals surface area contributed by atoms with Crippen LogP contribution in [0.3, 0.4) is 0 Å². The van der Waals surface area contributed by atoms with Gasteiger partial charge in [0.05, 0.1) is 18.1 Å². The third-order valence-electron chi connectivity index (χ3n) is 2.34. The molecule has 20 heavy (non-hydrogen) atoms. The van der Waals surface area contributed by atoms with E-state index in [1.807, 2.05) is 0 Å². The van der Waals surface area contributed by atoms with Gasteiger partial charge in [0.2, 0.25) is 10.0 Å². The van der Waals surface area contributed by atoms with E-state index in [0.29, 0.717) is 32.3 Å². The largest absolute Gasteiger partial charge is 0.382 e. The molecule has 0 aliphatic carbocycles. The van der Waals surface area contributed by atoms with Gasteiger partial charge in [-0.05, 0) is 18.6 Å². The van der Waals surface area contributed by atoms with Crippen LogP contribution in [-0.2, 0) is 19.5 Å². The Morgan fingerprint density at radius 1 is 1.10 bits per heavy atom. The van der Waals surface area contributed by atoms with Gasteiger partial charge >= 0.3 is 0 Å². The van der Waals surface area contributed by atoms with E-state index in [1.165, 1.54) is 0 Å². The first-order valence-corrected chi connectivity index (χ1v) is 7.46. The number of halogens is 2. The lowest BCUT2D eigenvalue weighted by Gasteiger charge is -2.07. The average molecular weight is 309 g/mol. The molecule has 5 nitrogen and oxygen atoms in total. The summed E-state index contributed by atoms with van der Waals surface area (Å²) < 4.78 is 61.6. The van der Waals surface area contributed by atoms with Crippen molar-refractivity contribution in [1.29, 1.82) is 0 Å². The van der Waals surface area contributed by atoms with E-state index in [4.69, 9.17) is 9.47 Å². The lowest BCUT2D eigenvalue weighted by atomic mass is 10.3. The first-order chi connectivity index (χ1) is 9.45. The molecule has 0 bridgehead atoms. The standard InChI is InChI=1S/C12H17F2NO4S/c1-18-5-6-19-4-2-3-15-20(16,17)12-8-10(13)7-11(14)9-12/h7-9,15H,2-6H2,1H3. The predicted molar refractivity (Wildman–Crippen MR) is 68.9 cm³/mol. The number of benzene rings is 1. The van der Waals surface area contributed by atoms with Crippen LogP contribution in [0.2, 0.25) is 0 Å². The molecule has 0 amide bonds. The van der Waals surface area contributed by atoms with Gasteiger partial charge in [0, 0.05) is 26.3 Å². The second kappa shape index (κ2) is 8.25. The maximum absolute atomic E-state index is 13.0. The van der Waals surface area contributed by atoms with Crippen molar-refractivity contribution in [2.24, 2.45) is 0 Å². The van der Waals surface area contributed by atoms with Crippen molar-refractivity contribution in [3.05, 3.63) is 29.8 Å². The molecule has 1 aromatic carbocycles. The monoisotopic (exact) mass is 309 g/mol. The smallest absolute Gasteiger partial charge is 0.240 e. The summed E-state index contributed by atoms with van der Waals surface area (Å²) in [6.45, 7) is 1.38. The van der Waals surface area contributed by atoms with Gasteiger partial charge in [0.25, 0.3) is 0 Å². The van der Waals surface area contributed by atoms with Crippen molar-refractivity contribution in [3.63, 3.8) is 0 Å². The molecule has 0 saturated heterocycles. The molecule has 1 N–H and O–H groups in total. The Morgan fingerprint density at radius 2 is 1.75 bits per heavy atom. The first kappa shape index (κ1) is 17.0. The molecule has 0 aliphatic heterocycles. The van der Waals surface area contributed by atoms with E-state index < -0.39 is 26.6 Å². The lowest BCUT2D eigenvalue weighted by molar-refractivity contribution is 0.0699. The minimum Gasteiger partial charge on any atom is -0.382 e. The molecular formula is C12H17F2NO4S. The van der Waals surface area contributed by atoms with Gasteiger partial charge < -0.3 is 9.47 Å². The zero-order valence-electron chi connectivity index (χ0n) is 11.1. The van der Waals surface area contributed by atoms with E-state index in [0.717, 1.165) is 12.1 Å². The molecule has 0 atom stereocenters. The summed E-state index contributed by atoms with van der Waals surface area (Å²) in [5.74, 6) is -1.87. The fourth-order valence-electron chi connectivity index (χ4n) is 1.39. The summed E-state index contributed by atoms with van der Waals surface area (Å²) >= 11 is 0. The van der Waals surface area contributed by atoms with Gasteiger partial charge in [-0.1, -0.05) is 0 Å². The van der Waals surface area contributed by atoms with Crippen LogP contribution in [-0.4, -0.2) is 41.9 Å². The molecule has 0 aliphatic rings. The molecule has 0 spiro atoms. The highest BCUT2D eigenvalue weighted by Gasteiger charge is 2.15. The zero-order valence-corrected chi connectivity index (χ0v) is 11.9. The number of nitrogens with one attached hydrogen (secondary N) is 1. The number of ether oxygens (including phenoxy) is 2. The minimum absolute atomic E-state index is 0.118. The normalized spacial score (nSPS) is 11.8. The summed E-state index contributed by atoms with van der Waals surface area (Å²) in [4.78, 5) is -0.435. The molecule has 0 aromatic heterocycles. The number of methoxy groups -OCH3 is 1. The van der Waals surface area contributed by atoms with E-state index in [-0.39, 0.29) is 6.54 Å². The average Bonchev–Trinajstić information content (AvgIpc) is 2.36. The van der Waals surface area contributed by atoms with E-state index >= 15 is 0 Å². The maximum atomic E-state index is 13.0. The summed E-state index contributed by atoms with van der Waals surface area (Å²) in [5.41, 5.74) is 0. The summed E-state index contributed by atoms with van der Waals surface area (Å²) in [6, 6.07) is 2.14. The second-order valence-electron chi connectivity index (χ2n) is 3.96. The minimum atomic E-state index is -3.91. The van der Waals surface area contributed by atoms with Gasteiger partial charge in [-0.2, -0.15) is 0 Å². The quantitative estimate of drug-likeness (QED) is 0.698. The van der Waals surface area contributed by atoms with E-state index in [2.05, 4.69) is 4.72 Å². The molecule has 1 aromatic rings. The third-order valence-corrected chi connectivity index (χ3v) is 3.78. The van der Waals surface area contributed by atoms with Crippen molar-refractivity contribution < 1.29 is 26.7 Å². The maximum Gasteiger partial charge on any atom is 0.240 e. The van der Waals surface area contributed by atoms with Crippen molar-refractivity contribution in [1.82, 2.24) is 4.72 Å². The Hall–Kier alpha value is -1.09. The van der Waals surface area contributed by atoms with Crippen LogP contribution in [0, 0.1) is 11.6 Å². The fraction of sp³-hybridized carbons (Fsp3) is 0.500. The highest BCUT2D eigenvalue weighted by atomic mass is 32.2. The van der Waals surface area contributed by atoms with Gasteiger partial charge in [-0.3, -0.25) is 0 Å². The van der Waals surface area contributed by atoms with Gasteiger partial charge in [-0.25, -0.2) is 21.9 Å².